The van der Waals surface area contributed by atoms with Crippen LogP contribution in [-0.2, 0) is 33.3 Å². The largest absolute Gasteiger partial charge is 0.545 e. The van der Waals surface area contributed by atoms with E-state index < -0.39 is 24.3 Å². The molecule has 418 valence electrons. The summed E-state index contributed by atoms with van der Waals surface area (Å²) in [6.07, 6.45) is 60.9. The standard InChI is InChI=1S/C62H117NO8/c1-6-8-10-12-14-16-18-20-22-24-26-27-28-29-30-31-32-33-35-36-38-40-42-44-46-48-50-52-59(64)69-56-58(57-70-62(61(66)67)68-55-54-63(3,4)5)71-60(65)53-51-49-47-45-43-41-39-37-34-25-23-21-19-17-15-13-11-9-7-2/h15,17,21,23,58,62H,6-14,16,18-20,22,24-57H2,1-5H3/b17-15-,23-21-. The zero-order valence-corrected chi connectivity index (χ0v) is 47.6. The number of ether oxygens (including phenoxy) is 4. The molecule has 0 saturated heterocycles. The number of hydrogen-bond acceptors (Lipinski definition) is 8. The number of likely N-dealkylation sites (N-methyl/N-ethyl adjacent to an activating group) is 1. The third-order valence-corrected chi connectivity index (χ3v) is 13.7. The van der Waals surface area contributed by atoms with Gasteiger partial charge in [0, 0.05) is 12.8 Å². The summed E-state index contributed by atoms with van der Waals surface area (Å²) < 4.78 is 22.7. The van der Waals surface area contributed by atoms with E-state index in [9.17, 15) is 19.5 Å². The number of carboxylic acid groups (broad SMARTS) is 1. The molecule has 0 aliphatic heterocycles. The summed E-state index contributed by atoms with van der Waals surface area (Å²) >= 11 is 0. The minimum Gasteiger partial charge on any atom is -0.545 e. The van der Waals surface area contributed by atoms with Gasteiger partial charge in [-0.25, -0.2) is 0 Å². The van der Waals surface area contributed by atoms with Crippen molar-refractivity contribution in [3.8, 4) is 0 Å². The van der Waals surface area contributed by atoms with E-state index in [1.165, 1.54) is 212 Å². The lowest BCUT2D eigenvalue weighted by Gasteiger charge is -2.26. The summed E-state index contributed by atoms with van der Waals surface area (Å²) in [6, 6.07) is 0. The topological polar surface area (TPSA) is 111 Å². The van der Waals surface area contributed by atoms with Crippen molar-refractivity contribution in [1.29, 1.82) is 0 Å². The Morgan fingerprint density at radius 3 is 1.14 bits per heavy atom. The van der Waals surface area contributed by atoms with Crippen molar-refractivity contribution in [1.82, 2.24) is 0 Å². The Kier molecular flexibility index (Phi) is 52.3. The number of hydrogen-bond donors (Lipinski definition) is 0. The molecule has 0 fully saturated rings. The number of allylic oxidation sites excluding steroid dienone is 4. The Morgan fingerprint density at radius 1 is 0.423 bits per heavy atom. The third kappa shape index (κ3) is 55.4. The van der Waals surface area contributed by atoms with Crippen molar-refractivity contribution in [2.24, 2.45) is 0 Å². The lowest BCUT2D eigenvalue weighted by molar-refractivity contribution is -0.870. The first-order valence-electron chi connectivity index (χ1n) is 30.5. The number of aliphatic carboxylic acids is 1. The molecule has 0 saturated carbocycles. The fourth-order valence-corrected chi connectivity index (χ4v) is 8.98. The van der Waals surface area contributed by atoms with Gasteiger partial charge in [-0.15, -0.1) is 0 Å². The summed E-state index contributed by atoms with van der Waals surface area (Å²) in [4.78, 5) is 37.3. The Balaban J connectivity index is 4.14. The molecule has 0 aromatic heterocycles. The van der Waals surface area contributed by atoms with Crippen LogP contribution in [0, 0.1) is 0 Å². The summed E-state index contributed by atoms with van der Waals surface area (Å²) in [7, 11) is 5.93. The monoisotopic (exact) mass is 1000 g/mol. The lowest BCUT2D eigenvalue weighted by Crippen LogP contribution is -2.44. The molecule has 0 bridgehead atoms. The predicted molar refractivity (Wildman–Crippen MR) is 297 cm³/mol. The summed E-state index contributed by atoms with van der Waals surface area (Å²) in [6.45, 7) is 4.77. The maximum atomic E-state index is 12.9. The van der Waals surface area contributed by atoms with E-state index in [-0.39, 0.29) is 32.2 Å². The molecule has 9 heteroatoms. The summed E-state index contributed by atoms with van der Waals surface area (Å²) in [5, 5.41) is 11.8. The van der Waals surface area contributed by atoms with Gasteiger partial charge < -0.3 is 33.3 Å². The van der Waals surface area contributed by atoms with Crippen molar-refractivity contribution >= 4 is 17.9 Å². The number of unbranched alkanes of at least 4 members (excludes halogenated alkanes) is 38. The molecule has 71 heavy (non-hydrogen) atoms. The zero-order chi connectivity index (χ0) is 52.0. The number of rotatable bonds is 57. The molecule has 0 amide bonds. The Morgan fingerprint density at radius 2 is 0.761 bits per heavy atom. The number of quaternary nitrogens is 1. The van der Waals surface area contributed by atoms with E-state index in [1.807, 2.05) is 21.1 Å². The molecule has 9 nitrogen and oxygen atoms in total. The SMILES string of the molecule is CCCCC/C=C\C/C=C\CCCCCCCCCCCC(=O)OC(COC(=O)CCCCCCCCCCCCCCCCCCCCCCCCCCCCC)COC(OCC[N+](C)(C)C)C(=O)[O-]. The highest BCUT2D eigenvalue weighted by molar-refractivity contribution is 5.70. The third-order valence-electron chi connectivity index (χ3n) is 13.7. The summed E-state index contributed by atoms with van der Waals surface area (Å²) in [5.74, 6) is -2.27. The maximum Gasteiger partial charge on any atom is 0.306 e. The van der Waals surface area contributed by atoms with Crippen LogP contribution in [0.15, 0.2) is 24.3 Å². The van der Waals surface area contributed by atoms with Gasteiger partial charge in [0.1, 0.15) is 13.2 Å². The minimum atomic E-state index is -1.62. The highest BCUT2D eigenvalue weighted by Crippen LogP contribution is 2.18. The summed E-state index contributed by atoms with van der Waals surface area (Å²) in [5.41, 5.74) is 0. The second-order valence-electron chi connectivity index (χ2n) is 22.0. The molecule has 0 spiro atoms. The maximum absolute atomic E-state index is 12.9. The molecule has 0 rings (SSSR count). The van der Waals surface area contributed by atoms with Crippen LogP contribution >= 0.6 is 0 Å². The number of carbonyl (C=O) groups is 3. The number of carbonyl (C=O) groups excluding carboxylic acids is 3. The van der Waals surface area contributed by atoms with Gasteiger partial charge >= 0.3 is 11.9 Å². The van der Waals surface area contributed by atoms with E-state index in [4.69, 9.17) is 18.9 Å². The van der Waals surface area contributed by atoms with Crippen molar-refractivity contribution < 1.29 is 42.9 Å². The molecule has 0 heterocycles. The van der Waals surface area contributed by atoms with Crippen LogP contribution in [0.5, 0.6) is 0 Å². The normalized spacial score (nSPS) is 12.9. The first kappa shape index (κ1) is 68.8. The second-order valence-corrected chi connectivity index (χ2v) is 22.0. The molecule has 0 aromatic carbocycles. The fraction of sp³-hybridized carbons (Fsp3) is 0.887. The Labute approximate surface area is 439 Å². The molecular formula is C62H117NO8. The van der Waals surface area contributed by atoms with Gasteiger partial charge in [0.15, 0.2) is 12.4 Å². The molecule has 0 aliphatic carbocycles. The molecule has 0 radical (unpaired) electrons. The van der Waals surface area contributed by atoms with Crippen LogP contribution in [0.1, 0.15) is 296 Å². The van der Waals surface area contributed by atoms with Crippen LogP contribution in [0.3, 0.4) is 0 Å². The van der Waals surface area contributed by atoms with E-state index in [0.717, 1.165) is 51.4 Å². The van der Waals surface area contributed by atoms with Crippen LogP contribution < -0.4 is 5.11 Å². The number of nitrogens with zero attached hydrogens (tertiary/aromatic N) is 1. The smallest absolute Gasteiger partial charge is 0.306 e. The first-order chi connectivity index (χ1) is 34.6. The van der Waals surface area contributed by atoms with Gasteiger partial charge in [0.05, 0.1) is 40.3 Å². The number of esters is 2. The van der Waals surface area contributed by atoms with Gasteiger partial charge in [-0.1, -0.05) is 263 Å². The van der Waals surface area contributed by atoms with Crippen molar-refractivity contribution in [3.63, 3.8) is 0 Å². The highest BCUT2D eigenvalue weighted by Gasteiger charge is 2.22. The highest BCUT2D eigenvalue weighted by atomic mass is 16.7. The van der Waals surface area contributed by atoms with Gasteiger partial charge in [0.2, 0.25) is 0 Å². The van der Waals surface area contributed by atoms with Crippen LogP contribution in [0.4, 0.5) is 0 Å². The first-order valence-corrected chi connectivity index (χ1v) is 30.5. The van der Waals surface area contributed by atoms with Gasteiger partial charge in [-0.3, -0.25) is 9.59 Å². The van der Waals surface area contributed by atoms with Gasteiger partial charge in [-0.05, 0) is 44.9 Å². The van der Waals surface area contributed by atoms with Crippen LogP contribution in [0.25, 0.3) is 0 Å². The molecule has 0 N–H and O–H groups in total. The van der Waals surface area contributed by atoms with Crippen LogP contribution in [-0.4, -0.2) is 82.3 Å². The average Bonchev–Trinajstić information content (AvgIpc) is 3.34. The molecule has 0 aliphatic rings. The predicted octanol–water partition coefficient (Wildman–Crippen LogP) is 16.6. The zero-order valence-electron chi connectivity index (χ0n) is 47.6. The Bertz CT molecular complexity index is 1210. The second kappa shape index (κ2) is 54.0. The molecular weight excluding hydrogens is 887 g/mol. The van der Waals surface area contributed by atoms with E-state index >= 15 is 0 Å². The Hall–Kier alpha value is -2.23. The van der Waals surface area contributed by atoms with Crippen molar-refractivity contribution in [3.05, 3.63) is 24.3 Å². The van der Waals surface area contributed by atoms with Crippen molar-refractivity contribution in [2.45, 2.75) is 309 Å². The quantitative estimate of drug-likeness (QED) is 0.0195. The molecule has 2 unspecified atom stereocenters. The van der Waals surface area contributed by atoms with Crippen LogP contribution in [0.2, 0.25) is 0 Å². The fourth-order valence-electron chi connectivity index (χ4n) is 8.98. The van der Waals surface area contributed by atoms with Crippen molar-refractivity contribution in [2.75, 3.05) is 47.5 Å². The van der Waals surface area contributed by atoms with E-state index in [1.54, 1.807) is 0 Å². The lowest BCUT2D eigenvalue weighted by atomic mass is 10.0. The van der Waals surface area contributed by atoms with E-state index in [2.05, 4.69) is 38.2 Å². The molecule has 0 aromatic rings. The minimum absolute atomic E-state index is 0.149. The molecule has 2 atom stereocenters. The average molecular weight is 1000 g/mol. The van der Waals surface area contributed by atoms with Gasteiger partial charge in [0.25, 0.3) is 0 Å². The van der Waals surface area contributed by atoms with Gasteiger partial charge in [-0.2, -0.15) is 0 Å². The van der Waals surface area contributed by atoms with E-state index in [0.29, 0.717) is 23.9 Å². The number of carboxylic acids is 1.